The molecule has 2 rings (SSSR count). The van der Waals surface area contributed by atoms with Gasteiger partial charge in [0.1, 0.15) is 5.75 Å². The maximum atomic E-state index is 5.82. The highest BCUT2D eigenvalue weighted by molar-refractivity contribution is 8.07. The number of benzene rings is 1. The summed E-state index contributed by atoms with van der Waals surface area (Å²) < 4.78 is 5.82. The third kappa shape index (κ3) is 4.09. The average molecular weight is 312 g/mol. The Labute approximate surface area is 131 Å². The summed E-state index contributed by atoms with van der Waals surface area (Å²) in [5.41, 5.74) is 1.33. The van der Waals surface area contributed by atoms with Crippen molar-refractivity contribution in [3.8, 4) is 5.75 Å². The molecule has 1 fully saturated rings. The Balaban J connectivity index is 2.18. The molecule has 0 amide bonds. The molecule has 1 aliphatic rings. The largest absolute Gasteiger partial charge is 0.491 e. The first-order chi connectivity index (χ1) is 9.61. The van der Waals surface area contributed by atoms with E-state index in [2.05, 4.69) is 74.9 Å². The van der Waals surface area contributed by atoms with Gasteiger partial charge < -0.3 is 10.1 Å². The summed E-state index contributed by atoms with van der Waals surface area (Å²) in [7, 11) is 2.06. The van der Waals surface area contributed by atoms with E-state index in [1.807, 2.05) is 6.07 Å². The van der Waals surface area contributed by atoms with Crippen molar-refractivity contribution in [1.82, 2.24) is 5.32 Å². The van der Waals surface area contributed by atoms with Crippen molar-refractivity contribution in [2.75, 3.05) is 18.6 Å². The first-order valence-corrected chi connectivity index (χ1v) is 9.38. The third-order valence-corrected chi connectivity index (χ3v) is 6.66. The predicted octanol–water partition coefficient (Wildman–Crippen LogP) is 3.97. The predicted molar refractivity (Wildman–Crippen MR) is 92.2 cm³/mol. The molecule has 1 N–H and O–H groups in total. The van der Waals surface area contributed by atoms with E-state index in [4.69, 9.17) is 4.74 Å². The molecule has 0 aromatic heterocycles. The number of rotatable bonds is 5. The molecule has 0 bridgehead atoms. The van der Waals surface area contributed by atoms with Crippen molar-refractivity contribution in [3.05, 3.63) is 29.8 Å². The lowest BCUT2D eigenvalue weighted by atomic mass is 10.0. The molecule has 4 heteroatoms. The van der Waals surface area contributed by atoms with Gasteiger partial charge in [-0.3, -0.25) is 0 Å². The first kappa shape index (κ1) is 16.1. The Morgan fingerprint density at radius 3 is 2.65 bits per heavy atom. The lowest BCUT2D eigenvalue weighted by Crippen LogP contribution is -2.36. The summed E-state index contributed by atoms with van der Waals surface area (Å²) in [6, 6.07) is 8.93. The molecule has 1 heterocycles. The van der Waals surface area contributed by atoms with Crippen LogP contribution in [0.5, 0.6) is 5.75 Å². The summed E-state index contributed by atoms with van der Waals surface area (Å²) in [5.74, 6) is 3.49. The van der Waals surface area contributed by atoms with Crippen LogP contribution < -0.4 is 10.1 Å². The third-order valence-electron chi connectivity index (χ3n) is 3.47. The van der Waals surface area contributed by atoms with Crippen LogP contribution in [0, 0.1) is 0 Å². The molecular formula is C16H25NOS2. The highest BCUT2D eigenvalue weighted by Gasteiger charge is 2.30. The Hall–Kier alpha value is -0.320. The zero-order valence-electron chi connectivity index (χ0n) is 12.8. The Morgan fingerprint density at radius 1 is 1.25 bits per heavy atom. The second kappa shape index (κ2) is 7.62. The van der Waals surface area contributed by atoms with Crippen LogP contribution in [-0.2, 0) is 0 Å². The van der Waals surface area contributed by atoms with Gasteiger partial charge in [0.25, 0.3) is 0 Å². The van der Waals surface area contributed by atoms with Crippen molar-refractivity contribution in [3.63, 3.8) is 0 Å². The summed E-state index contributed by atoms with van der Waals surface area (Å²) in [6.45, 7) is 6.48. The van der Waals surface area contributed by atoms with Crippen molar-refractivity contribution in [2.24, 2.45) is 0 Å². The Morgan fingerprint density at radius 2 is 2.00 bits per heavy atom. The molecule has 1 aromatic carbocycles. The molecule has 0 saturated carbocycles. The monoisotopic (exact) mass is 311 g/mol. The average Bonchev–Trinajstić information content (AvgIpc) is 2.41. The zero-order valence-corrected chi connectivity index (χ0v) is 14.4. The zero-order chi connectivity index (χ0) is 14.5. The lowest BCUT2D eigenvalue weighted by molar-refractivity contribution is 0.242. The minimum absolute atomic E-state index is 0.219. The molecule has 0 aliphatic carbocycles. The van der Waals surface area contributed by atoms with Crippen LogP contribution in [-0.4, -0.2) is 35.2 Å². The van der Waals surface area contributed by atoms with Gasteiger partial charge in [-0.1, -0.05) is 19.1 Å². The van der Waals surface area contributed by atoms with Gasteiger partial charge in [-0.25, -0.2) is 0 Å². The standard InChI is InChI=1S/C16H25NOS2/c1-11(2)18-14-7-5-6-13(10-14)15(17-4)16-12(3)19-8-9-20-16/h5-7,10-12,15-17H,8-9H2,1-4H3. The van der Waals surface area contributed by atoms with Crippen LogP contribution in [0.2, 0.25) is 0 Å². The minimum atomic E-state index is 0.219. The molecule has 3 unspecified atom stereocenters. The van der Waals surface area contributed by atoms with Crippen molar-refractivity contribution < 1.29 is 4.74 Å². The Bertz CT molecular complexity index is 425. The highest BCUT2D eigenvalue weighted by atomic mass is 32.2. The fourth-order valence-corrected chi connectivity index (χ4v) is 5.58. The van der Waals surface area contributed by atoms with Crippen molar-refractivity contribution in [2.45, 2.75) is 43.4 Å². The Kier molecular flexibility index (Phi) is 6.12. The maximum Gasteiger partial charge on any atom is 0.120 e. The van der Waals surface area contributed by atoms with Gasteiger partial charge in [-0.15, -0.1) is 0 Å². The van der Waals surface area contributed by atoms with E-state index >= 15 is 0 Å². The number of nitrogens with one attached hydrogen (secondary N) is 1. The van der Waals surface area contributed by atoms with Crippen molar-refractivity contribution >= 4 is 23.5 Å². The molecule has 1 aliphatic heterocycles. The van der Waals surface area contributed by atoms with Gasteiger partial charge in [0, 0.05) is 28.0 Å². The molecular weight excluding hydrogens is 286 g/mol. The smallest absolute Gasteiger partial charge is 0.120 e. The van der Waals surface area contributed by atoms with E-state index in [1.54, 1.807) is 0 Å². The maximum absolute atomic E-state index is 5.82. The molecule has 3 atom stereocenters. The van der Waals surface area contributed by atoms with Gasteiger partial charge in [-0.05, 0) is 38.6 Å². The topological polar surface area (TPSA) is 21.3 Å². The second-order valence-corrected chi connectivity index (χ2v) is 8.19. The van der Waals surface area contributed by atoms with Crippen LogP contribution >= 0.6 is 23.5 Å². The number of hydrogen-bond acceptors (Lipinski definition) is 4. The van der Waals surface area contributed by atoms with Crippen LogP contribution in [0.15, 0.2) is 24.3 Å². The van der Waals surface area contributed by atoms with Crippen LogP contribution in [0.4, 0.5) is 0 Å². The molecule has 2 nitrogen and oxygen atoms in total. The summed E-state index contributed by atoms with van der Waals surface area (Å²) in [6.07, 6.45) is 0.219. The SMILES string of the molecule is CNC(c1cccc(OC(C)C)c1)C1SCCSC1C. The normalized spacial score (nSPS) is 24.6. The first-order valence-electron chi connectivity index (χ1n) is 7.29. The highest BCUT2D eigenvalue weighted by Crippen LogP contribution is 2.39. The summed E-state index contributed by atoms with van der Waals surface area (Å²) in [4.78, 5) is 0. The van der Waals surface area contributed by atoms with E-state index in [0.717, 1.165) is 5.75 Å². The van der Waals surface area contributed by atoms with Crippen molar-refractivity contribution in [1.29, 1.82) is 0 Å². The van der Waals surface area contributed by atoms with Gasteiger partial charge in [0.05, 0.1) is 6.10 Å². The van der Waals surface area contributed by atoms with Gasteiger partial charge >= 0.3 is 0 Å². The summed E-state index contributed by atoms with van der Waals surface area (Å²) >= 11 is 4.18. The fourth-order valence-electron chi connectivity index (χ4n) is 2.59. The van der Waals surface area contributed by atoms with Crippen LogP contribution in [0.1, 0.15) is 32.4 Å². The quantitative estimate of drug-likeness (QED) is 0.888. The van der Waals surface area contributed by atoms with Crippen LogP contribution in [0.3, 0.4) is 0 Å². The number of hydrogen-bond donors (Lipinski definition) is 1. The molecule has 112 valence electrons. The van der Waals surface area contributed by atoms with E-state index in [1.165, 1.54) is 17.1 Å². The number of thioether (sulfide) groups is 2. The fraction of sp³-hybridized carbons (Fsp3) is 0.625. The van der Waals surface area contributed by atoms with Crippen LogP contribution in [0.25, 0.3) is 0 Å². The van der Waals surface area contributed by atoms with E-state index in [-0.39, 0.29) is 6.10 Å². The summed E-state index contributed by atoms with van der Waals surface area (Å²) in [5, 5.41) is 4.81. The molecule has 1 saturated heterocycles. The lowest BCUT2D eigenvalue weighted by Gasteiger charge is -2.34. The molecule has 20 heavy (non-hydrogen) atoms. The van der Waals surface area contributed by atoms with E-state index in [0.29, 0.717) is 16.5 Å². The van der Waals surface area contributed by atoms with E-state index in [9.17, 15) is 0 Å². The van der Waals surface area contributed by atoms with Gasteiger partial charge in [0.15, 0.2) is 0 Å². The van der Waals surface area contributed by atoms with E-state index < -0.39 is 0 Å². The minimum Gasteiger partial charge on any atom is -0.491 e. The van der Waals surface area contributed by atoms with Gasteiger partial charge in [-0.2, -0.15) is 23.5 Å². The van der Waals surface area contributed by atoms with Gasteiger partial charge in [0.2, 0.25) is 0 Å². The molecule has 0 spiro atoms. The molecule has 0 radical (unpaired) electrons. The number of ether oxygens (including phenoxy) is 1. The molecule has 1 aromatic rings. The second-order valence-electron chi connectivity index (χ2n) is 5.42.